The minimum absolute atomic E-state index is 0.162. The van der Waals surface area contributed by atoms with Crippen LogP contribution in [0.15, 0.2) is 42.5 Å². The second-order valence-electron chi connectivity index (χ2n) is 6.48. The molecule has 1 amide bonds. The number of ether oxygens (including phenoxy) is 1. The van der Waals surface area contributed by atoms with Crippen molar-refractivity contribution in [3.8, 4) is 0 Å². The fourth-order valence-electron chi connectivity index (χ4n) is 3.58. The number of hydrogen-bond acceptors (Lipinski definition) is 6. The van der Waals surface area contributed by atoms with Crippen molar-refractivity contribution >= 4 is 11.7 Å². The molecule has 2 saturated heterocycles. The summed E-state index contributed by atoms with van der Waals surface area (Å²) in [5, 5.41) is 8.06. The summed E-state index contributed by atoms with van der Waals surface area (Å²) in [4.78, 5) is 15.8. The Morgan fingerprint density at radius 1 is 1.16 bits per heavy atom. The lowest BCUT2D eigenvalue weighted by molar-refractivity contribution is -0.0499. The Hall–Kier alpha value is -2.51. The van der Waals surface area contributed by atoms with Gasteiger partial charge in [0, 0.05) is 26.2 Å². The van der Waals surface area contributed by atoms with E-state index in [-0.39, 0.29) is 11.8 Å². The van der Waals surface area contributed by atoms with Gasteiger partial charge >= 0.3 is 0 Å². The molecule has 0 aliphatic carbocycles. The van der Waals surface area contributed by atoms with Crippen molar-refractivity contribution in [2.45, 2.75) is 18.7 Å². The fourth-order valence-corrected chi connectivity index (χ4v) is 3.58. The number of hydrogen-bond donors (Lipinski definition) is 1. The van der Waals surface area contributed by atoms with Crippen LogP contribution >= 0.6 is 0 Å². The first-order valence-electron chi connectivity index (χ1n) is 8.49. The summed E-state index contributed by atoms with van der Waals surface area (Å²) in [6.45, 7) is 4.21. The Bertz CT molecular complexity index is 737. The molecule has 7 nitrogen and oxygen atoms in total. The van der Waals surface area contributed by atoms with E-state index in [2.05, 4.69) is 44.3 Å². The molecule has 2 unspecified atom stereocenters. The zero-order valence-electron chi connectivity index (χ0n) is 13.9. The van der Waals surface area contributed by atoms with Crippen LogP contribution in [0.1, 0.15) is 16.1 Å². The highest BCUT2D eigenvalue weighted by Gasteiger charge is 2.40. The second kappa shape index (κ2) is 6.78. The van der Waals surface area contributed by atoms with E-state index in [0.29, 0.717) is 6.04 Å². The molecule has 2 N–H and O–H groups in total. The van der Waals surface area contributed by atoms with Crippen LogP contribution in [-0.4, -0.2) is 59.4 Å². The number of benzene rings is 1. The molecule has 0 spiro atoms. The summed E-state index contributed by atoms with van der Waals surface area (Å²) in [6, 6.07) is 14.2. The van der Waals surface area contributed by atoms with E-state index in [4.69, 9.17) is 10.5 Å². The highest BCUT2D eigenvalue weighted by Crippen LogP contribution is 2.27. The molecule has 2 aromatic rings. The van der Waals surface area contributed by atoms with E-state index >= 15 is 0 Å². The smallest absolute Gasteiger partial charge is 0.269 e. The number of morpholine rings is 1. The number of anilines is 1. The summed E-state index contributed by atoms with van der Waals surface area (Å²) >= 11 is 0. The van der Waals surface area contributed by atoms with Crippen LogP contribution in [0.2, 0.25) is 0 Å². The Morgan fingerprint density at radius 3 is 2.72 bits per heavy atom. The molecule has 130 valence electrons. The summed E-state index contributed by atoms with van der Waals surface area (Å²) < 4.78 is 5.98. The molecule has 2 aliphatic heterocycles. The number of rotatable bonds is 4. The molecule has 0 bridgehead atoms. The maximum atomic E-state index is 11.1. The van der Waals surface area contributed by atoms with Crippen LogP contribution in [-0.2, 0) is 11.3 Å². The molecule has 7 heteroatoms. The van der Waals surface area contributed by atoms with E-state index in [1.54, 1.807) is 12.1 Å². The molecule has 0 radical (unpaired) electrons. The molecule has 3 heterocycles. The zero-order valence-corrected chi connectivity index (χ0v) is 13.9. The van der Waals surface area contributed by atoms with Crippen molar-refractivity contribution in [1.29, 1.82) is 0 Å². The van der Waals surface area contributed by atoms with Crippen molar-refractivity contribution in [3.05, 3.63) is 53.7 Å². The number of carbonyl (C=O) groups excluding carboxylic acids is 1. The van der Waals surface area contributed by atoms with E-state index in [0.717, 1.165) is 38.6 Å². The third kappa shape index (κ3) is 3.33. The number of amides is 1. The largest absolute Gasteiger partial charge is 0.373 e. The van der Waals surface area contributed by atoms with Gasteiger partial charge in [0.25, 0.3) is 5.91 Å². The molecular formula is C18H21N5O2. The lowest BCUT2D eigenvalue weighted by atomic mass is 10.1. The molecule has 0 saturated carbocycles. The third-order valence-electron chi connectivity index (χ3n) is 4.87. The topological polar surface area (TPSA) is 84.6 Å². The molecule has 1 aromatic carbocycles. The Kier molecular flexibility index (Phi) is 4.33. The predicted molar refractivity (Wildman–Crippen MR) is 93.1 cm³/mol. The molecular weight excluding hydrogens is 318 g/mol. The highest BCUT2D eigenvalue weighted by molar-refractivity contribution is 5.90. The van der Waals surface area contributed by atoms with Crippen LogP contribution in [0.4, 0.5) is 5.82 Å². The Balaban J connectivity index is 1.47. The van der Waals surface area contributed by atoms with Crippen molar-refractivity contribution in [2.24, 2.45) is 5.73 Å². The standard InChI is InChI=1S/C18H21N5O2/c19-18(24)14-6-7-17(21-20-14)23-11-15-16(12-23)25-9-8-22(15)10-13-4-2-1-3-5-13/h1-7,15-16H,8-12H2,(H2,19,24). The van der Waals surface area contributed by atoms with Gasteiger partial charge in [0.1, 0.15) is 0 Å². The lowest BCUT2D eigenvalue weighted by Gasteiger charge is -2.36. The number of carbonyl (C=O) groups is 1. The second-order valence-corrected chi connectivity index (χ2v) is 6.48. The van der Waals surface area contributed by atoms with Gasteiger partial charge in [-0.1, -0.05) is 30.3 Å². The summed E-state index contributed by atoms with van der Waals surface area (Å²) in [6.07, 6.45) is 0.162. The van der Waals surface area contributed by atoms with Crippen molar-refractivity contribution in [2.75, 3.05) is 31.1 Å². The normalized spacial score (nSPS) is 23.4. The lowest BCUT2D eigenvalue weighted by Crippen LogP contribution is -2.50. The van der Waals surface area contributed by atoms with Crippen LogP contribution in [0.5, 0.6) is 0 Å². The molecule has 2 aliphatic rings. The number of nitrogens with two attached hydrogens (primary N) is 1. The highest BCUT2D eigenvalue weighted by atomic mass is 16.5. The Labute approximate surface area is 146 Å². The molecule has 1 aromatic heterocycles. The quantitative estimate of drug-likeness (QED) is 0.881. The number of fused-ring (bicyclic) bond motifs is 1. The first kappa shape index (κ1) is 16.0. The fraction of sp³-hybridized carbons (Fsp3) is 0.389. The first-order valence-corrected chi connectivity index (χ1v) is 8.49. The maximum Gasteiger partial charge on any atom is 0.269 e. The minimum atomic E-state index is -0.563. The van der Waals surface area contributed by atoms with E-state index < -0.39 is 5.91 Å². The number of nitrogens with zero attached hydrogens (tertiary/aromatic N) is 4. The van der Waals surface area contributed by atoms with Crippen molar-refractivity contribution < 1.29 is 9.53 Å². The molecule has 2 fully saturated rings. The predicted octanol–water partition coefficient (Wildman–Crippen LogP) is 0.665. The monoisotopic (exact) mass is 339 g/mol. The van der Waals surface area contributed by atoms with Crippen molar-refractivity contribution in [1.82, 2.24) is 15.1 Å². The van der Waals surface area contributed by atoms with Crippen LogP contribution < -0.4 is 10.6 Å². The molecule has 4 rings (SSSR count). The van der Waals surface area contributed by atoms with Gasteiger partial charge in [0.15, 0.2) is 11.5 Å². The van der Waals surface area contributed by atoms with Gasteiger partial charge in [-0.2, -0.15) is 0 Å². The summed E-state index contributed by atoms with van der Waals surface area (Å²) in [7, 11) is 0. The number of primary amides is 1. The third-order valence-corrected chi connectivity index (χ3v) is 4.87. The average Bonchev–Trinajstić information content (AvgIpc) is 3.08. The van der Waals surface area contributed by atoms with Gasteiger partial charge < -0.3 is 15.4 Å². The number of aromatic nitrogens is 2. The van der Waals surface area contributed by atoms with E-state index in [1.165, 1.54) is 5.56 Å². The Morgan fingerprint density at radius 2 is 2.00 bits per heavy atom. The first-order chi connectivity index (χ1) is 12.2. The van der Waals surface area contributed by atoms with Gasteiger partial charge in [-0.3, -0.25) is 9.69 Å². The SMILES string of the molecule is NC(=O)c1ccc(N2CC3OCCN(Cc4ccccc4)C3C2)nn1. The van der Waals surface area contributed by atoms with Crippen LogP contribution in [0.25, 0.3) is 0 Å². The average molecular weight is 339 g/mol. The summed E-state index contributed by atoms with van der Waals surface area (Å²) in [5.74, 6) is 0.189. The maximum absolute atomic E-state index is 11.1. The van der Waals surface area contributed by atoms with E-state index in [9.17, 15) is 4.79 Å². The van der Waals surface area contributed by atoms with Gasteiger partial charge in [0.2, 0.25) is 0 Å². The van der Waals surface area contributed by atoms with Gasteiger partial charge in [-0.25, -0.2) is 0 Å². The molecule has 2 atom stereocenters. The molecule has 25 heavy (non-hydrogen) atoms. The minimum Gasteiger partial charge on any atom is -0.373 e. The van der Waals surface area contributed by atoms with Crippen molar-refractivity contribution in [3.63, 3.8) is 0 Å². The van der Waals surface area contributed by atoms with Gasteiger partial charge in [-0.15, -0.1) is 10.2 Å². The zero-order chi connectivity index (χ0) is 17.2. The van der Waals surface area contributed by atoms with E-state index in [1.807, 2.05) is 6.07 Å². The van der Waals surface area contributed by atoms with Crippen LogP contribution in [0, 0.1) is 0 Å². The van der Waals surface area contributed by atoms with Gasteiger partial charge in [0.05, 0.1) is 18.8 Å². The van der Waals surface area contributed by atoms with Crippen LogP contribution in [0.3, 0.4) is 0 Å². The van der Waals surface area contributed by atoms with Gasteiger partial charge in [-0.05, 0) is 17.7 Å². The summed E-state index contributed by atoms with van der Waals surface area (Å²) in [5.41, 5.74) is 6.72.